The molecule has 3 nitrogen and oxygen atoms in total. The van der Waals surface area contributed by atoms with Crippen molar-refractivity contribution in [2.45, 2.75) is 65.4 Å². The lowest BCUT2D eigenvalue weighted by atomic mass is 9.45. The molecule has 3 heteroatoms. The summed E-state index contributed by atoms with van der Waals surface area (Å²) in [6, 6.07) is 0. The van der Waals surface area contributed by atoms with Gasteiger partial charge >= 0.3 is 5.97 Å². The van der Waals surface area contributed by atoms with Crippen LogP contribution in [0.2, 0.25) is 0 Å². The average molecular weight is 318 g/mol. The van der Waals surface area contributed by atoms with Gasteiger partial charge in [0.25, 0.3) is 0 Å². The molecule has 2 fully saturated rings. The molecule has 23 heavy (non-hydrogen) atoms. The first-order chi connectivity index (χ1) is 10.7. The first-order valence-corrected chi connectivity index (χ1v) is 8.92. The summed E-state index contributed by atoms with van der Waals surface area (Å²) in [6.07, 6.45) is 9.13. The fourth-order valence-corrected chi connectivity index (χ4v) is 6.03. The lowest BCUT2D eigenvalue weighted by molar-refractivity contribution is -0.172. The van der Waals surface area contributed by atoms with Gasteiger partial charge in [0.05, 0.1) is 11.5 Å². The summed E-state index contributed by atoms with van der Waals surface area (Å²) in [5.74, 6) is -0.540. The van der Waals surface area contributed by atoms with Crippen LogP contribution in [-0.4, -0.2) is 22.3 Å². The molecule has 0 amide bonds. The van der Waals surface area contributed by atoms with E-state index < -0.39 is 17.5 Å². The van der Waals surface area contributed by atoms with Crippen LogP contribution < -0.4 is 0 Å². The van der Waals surface area contributed by atoms with Gasteiger partial charge in [-0.1, -0.05) is 38.0 Å². The molecule has 3 aliphatic carbocycles. The maximum absolute atomic E-state index is 12.0. The van der Waals surface area contributed by atoms with E-state index in [1.54, 1.807) is 0 Å². The molecule has 0 radical (unpaired) electrons. The minimum Gasteiger partial charge on any atom is -0.481 e. The van der Waals surface area contributed by atoms with E-state index >= 15 is 0 Å². The van der Waals surface area contributed by atoms with Crippen LogP contribution in [0.25, 0.3) is 0 Å². The molecular weight excluding hydrogens is 288 g/mol. The Morgan fingerprint density at radius 2 is 2.00 bits per heavy atom. The van der Waals surface area contributed by atoms with Crippen molar-refractivity contribution in [1.82, 2.24) is 0 Å². The minimum absolute atomic E-state index is 0.107. The number of hydrogen-bond donors (Lipinski definition) is 2. The number of fused-ring (bicyclic) bond motifs is 3. The van der Waals surface area contributed by atoms with E-state index in [2.05, 4.69) is 20.4 Å². The van der Waals surface area contributed by atoms with Gasteiger partial charge in [0.15, 0.2) is 0 Å². The van der Waals surface area contributed by atoms with E-state index in [0.717, 1.165) is 32.1 Å². The first-order valence-electron chi connectivity index (χ1n) is 8.92. The number of carboxylic acids is 1. The number of aliphatic hydroxyl groups is 1. The molecule has 0 heterocycles. The maximum Gasteiger partial charge on any atom is 0.309 e. The van der Waals surface area contributed by atoms with Crippen LogP contribution >= 0.6 is 0 Å². The topological polar surface area (TPSA) is 57.5 Å². The van der Waals surface area contributed by atoms with Crippen molar-refractivity contribution in [1.29, 1.82) is 0 Å². The van der Waals surface area contributed by atoms with Crippen molar-refractivity contribution < 1.29 is 15.0 Å². The standard InChI is InChI=1S/C20H30O3/c1-5-18(2)10-7-14-13(12-18)11-15(21)16-19(14,3)8-6-9-20(16,4)17(22)23/h5,11,14-16,21H,1,6-10,12H2,2-4H3,(H,22,23)/t14-,15+,16+,18-,19+,20+/m0/s1. The zero-order valence-corrected chi connectivity index (χ0v) is 14.6. The number of aliphatic hydroxyl groups excluding tert-OH is 1. The fourth-order valence-electron chi connectivity index (χ4n) is 6.03. The molecule has 0 saturated heterocycles. The predicted octanol–water partition coefficient (Wildman–Crippen LogP) is 4.18. The van der Waals surface area contributed by atoms with Crippen LogP contribution in [-0.2, 0) is 4.79 Å². The lowest BCUT2D eigenvalue weighted by Crippen LogP contribution is -2.58. The Morgan fingerprint density at radius 3 is 2.61 bits per heavy atom. The number of hydrogen-bond acceptors (Lipinski definition) is 2. The second-order valence-corrected chi connectivity index (χ2v) is 8.92. The van der Waals surface area contributed by atoms with Gasteiger partial charge in [-0.3, -0.25) is 4.79 Å². The summed E-state index contributed by atoms with van der Waals surface area (Å²) in [6.45, 7) is 10.3. The highest BCUT2D eigenvalue weighted by Gasteiger charge is 2.60. The monoisotopic (exact) mass is 318 g/mol. The van der Waals surface area contributed by atoms with Gasteiger partial charge < -0.3 is 10.2 Å². The zero-order chi connectivity index (χ0) is 17.0. The Hall–Kier alpha value is -1.09. The van der Waals surface area contributed by atoms with Crippen LogP contribution in [0.4, 0.5) is 0 Å². The second kappa shape index (κ2) is 5.20. The van der Waals surface area contributed by atoms with Gasteiger partial charge in [-0.15, -0.1) is 6.58 Å². The van der Waals surface area contributed by atoms with Crippen LogP contribution in [0.1, 0.15) is 59.3 Å². The molecule has 0 unspecified atom stereocenters. The van der Waals surface area contributed by atoms with Gasteiger partial charge in [0, 0.05) is 5.92 Å². The molecular formula is C20H30O3. The molecule has 0 aliphatic heterocycles. The Kier molecular flexibility index (Phi) is 3.79. The Bertz CT molecular complexity index is 565. The van der Waals surface area contributed by atoms with Gasteiger partial charge in [-0.05, 0) is 55.8 Å². The maximum atomic E-state index is 12.0. The van der Waals surface area contributed by atoms with E-state index in [4.69, 9.17) is 0 Å². The molecule has 0 spiro atoms. The van der Waals surface area contributed by atoms with Crippen LogP contribution in [0, 0.1) is 28.1 Å². The third kappa shape index (κ3) is 2.31. The summed E-state index contributed by atoms with van der Waals surface area (Å²) in [4.78, 5) is 12.0. The predicted molar refractivity (Wildman–Crippen MR) is 90.9 cm³/mol. The molecule has 3 aliphatic rings. The highest BCUT2D eigenvalue weighted by Crippen LogP contribution is 2.63. The van der Waals surface area contributed by atoms with Gasteiger partial charge in [0.1, 0.15) is 0 Å². The Balaban J connectivity index is 2.05. The lowest BCUT2D eigenvalue weighted by Gasteiger charge is -2.59. The summed E-state index contributed by atoms with van der Waals surface area (Å²) < 4.78 is 0. The number of aliphatic carboxylic acids is 1. The fraction of sp³-hybridized carbons (Fsp3) is 0.750. The summed E-state index contributed by atoms with van der Waals surface area (Å²) >= 11 is 0. The van der Waals surface area contributed by atoms with Crippen molar-refractivity contribution in [2.24, 2.45) is 28.1 Å². The minimum atomic E-state index is -0.826. The number of rotatable bonds is 2. The molecule has 3 rings (SSSR count). The Labute approximate surface area is 139 Å². The van der Waals surface area contributed by atoms with Crippen LogP contribution in [0.15, 0.2) is 24.3 Å². The highest BCUT2D eigenvalue weighted by molar-refractivity contribution is 5.75. The van der Waals surface area contributed by atoms with E-state index in [-0.39, 0.29) is 16.7 Å². The summed E-state index contributed by atoms with van der Waals surface area (Å²) in [5, 5.41) is 20.7. The molecule has 2 saturated carbocycles. The smallest absolute Gasteiger partial charge is 0.309 e. The molecule has 0 aromatic rings. The second-order valence-electron chi connectivity index (χ2n) is 8.92. The molecule has 128 valence electrons. The van der Waals surface area contributed by atoms with Crippen molar-refractivity contribution in [2.75, 3.05) is 0 Å². The Morgan fingerprint density at radius 1 is 1.30 bits per heavy atom. The zero-order valence-electron chi connectivity index (χ0n) is 14.6. The van der Waals surface area contributed by atoms with Gasteiger partial charge in [-0.25, -0.2) is 0 Å². The number of allylic oxidation sites excluding steroid dienone is 2. The molecule has 2 N–H and O–H groups in total. The average Bonchev–Trinajstić information content (AvgIpc) is 2.46. The molecule has 0 bridgehead atoms. The summed E-state index contributed by atoms with van der Waals surface area (Å²) in [7, 11) is 0. The van der Waals surface area contributed by atoms with E-state index in [1.807, 2.05) is 19.1 Å². The highest BCUT2D eigenvalue weighted by atomic mass is 16.4. The quantitative estimate of drug-likeness (QED) is 0.751. The van der Waals surface area contributed by atoms with E-state index in [9.17, 15) is 15.0 Å². The molecule has 6 atom stereocenters. The van der Waals surface area contributed by atoms with Gasteiger partial charge in [-0.2, -0.15) is 0 Å². The van der Waals surface area contributed by atoms with Crippen molar-refractivity contribution in [3.63, 3.8) is 0 Å². The van der Waals surface area contributed by atoms with Crippen molar-refractivity contribution >= 4 is 5.97 Å². The van der Waals surface area contributed by atoms with E-state index in [0.29, 0.717) is 12.3 Å². The first kappa shape index (κ1) is 16.8. The molecule has 0 aromatic heterocycles. The van der Waals surface area contributed by atoms with Crippen molar-refractivity contribution in [3.8, 4) is 0 Å². The third-order valence-corrected chi connectivity index (χ3v) is 7.37. The third-order valence-electron chi connectivity index (χ3n) is 7.37. The largest absolute Gasteiger partial charge is 0.481 e. The summed E-state index contributed by atoms with van der Waals surface area (Å²) in [5.41, 5.74) is 0.501. The SMILES string of the molecule is C=C[C@@]1(C)CC[C@H]2C(=C[C@@H](O)[C@@H]3[C@]2(C)CCC[C@@]3(C)C(=O)O)C1. The normalized spacial score (nSPS) is 49.6. The number of carboxylic acid groups (broad SMARTS) is 1. The molecule has 0 aromatic carbocycles. The van der Waals surface area contributed by atoms with Gasteiger partial charge in [0.2, 0.25) is 0 Å². The van der Waals surface area contributed by atoms with Crippen molar-refractivity contribution in [3.05, 3.63) is 24.3 Å². The number of carbonyl (C=O) groups is 1. The van der Waals surface area contributed by atoms with Crippen LogP contribution in [0.5, 0.6) is 0 Å². The van der Waals surface area contributed by atoms with E-state index in [1.165, 1.54) is 5.57 Å². The van der Waals surface area contributed by atoms with Crippen LogP contribution in [0.3, 0.4) is 0 Å².